The Balaban J connectivity index is 2.22. The van der Waals surface area contributed by atoms with Crippen molar-refractivity contribution in [1.82, 2.24) is 9.62 Å². The van der Waals surface area contributed by atoms with Gasteiger partial charge in [-0.1, -0.05) is 24.6 Å². The second-order valence-electron chi connectivity index (χ2n) is 5.38. The number of benzene rings is 1. The van der Waals surface area contributed by atoms with E-state index in [-0.39, 0.29) is 10.8 Å². The molecular weight excluding hydrogens is 288 g/mol. The number of nitrogens with one attached hydrogen (secondary N) is 1. The molecule has 1 heterocycles. The van der Waals surface area contributed by atoms with Gasteiger partial charge in [0.05, 0.1) is 4.90 Å². The molecular formula is C15H22N2O3S. The van der Waals surface area contributed by atoms with E-state index in [1.54, 1.807) is 24.3 Å². The molecule has 0 bridgehead atoms. The van der Waals surface area contributed by atoms with Crippen LogP contribution in [0.5, 0.6) is 0 Å². The Morgan fingerprint density at radius 2 is 2.00 bits per heavy atom. The van der Waals surface area contributed by atoms with E-state index in [1.807, 2.05) is 13.8 Å². The Bertz CT molecular complexity index is 596. The van der Waals surface area contributed by atoms with E-state index >= 15 is 0 Å². The average Bonchev–Trinajstić information content (AvgIpc) is 2.95. The Morgan fingerprint density at radius 3 is 2.62 bits per heavy atom. The number of nitrogens with zero attached hydrogens (tertiary/aromatic N) is 1. The van der Waals surface area contributed by atoms with Crippen LogP contribution in [0.15, 0.2) is 29.2 Å². The summed E-state index contributed by atoms with van der Waals surface area (Å²) in [5.41, 5.74) is 1.01. The topological polar surface area (TPSA) is 66.5 Å². The minimum Gasteiger partial charge on any atom is -0.355 e. The van der Waals surface area contributed by atoms with E-state index in [2.05, 4.69) is 5.32 Å². The lowest BCUT2D eigenvalue weighted by atomic mass is 10.2. The molecule has 1 N–H and O–H groups in total. The molecule has 21 heavy (non-hydrogen) atoms. The average molecular weight is 310 g/mol. The SMILES string of the molecule is CCCNC(=O)C1CCCN1S(=O)(=O)c1ccc(C)cc1. The largest absolute Gasteiger partial charge is 0.355 e. The lowest BCUT2D eigenvalue weighted by Crippen LogP contribution is -2.46. The molecule has 0 aromatic heterocycles. The summed E-state index contributed by atoms with van der Waals surface area (Å²) >= 11 is 0. The van der Waals surface area contributed by atoms with Gasteiger partial charge in [0.1, 0.15) is 6.04 Å². The van der Waals surface area contributed by atoms with E-state index in [9.17, 15) is 13.2 Å². The Morgan fingerprint density at radius 1 is 1.33 bits per heavy atom. The second-order valence-corrected chi connectivity index (χ2v) is 7.27. The number of rotatable bonds is 5. The van der Waals surface area contributed by atoms with Gasteiger partial charge in [-0.05, 0) is 38.3 Å². The zero-order valence-corrected chi connectivity index (χ0v) is 13.3. The monoisotopic (exact) mass is 310 g/mol. The molecule has 0 aliphatic carbocycles. The van der Waals surface area contributed by atoms with Gasteiger partial charge in [-0.3, -0.25) is 4.79 Å². The van der Waals surface area contributed by atoms with Crippen molar-refractivity contribution in [3.05, 3.63) is 29.8 Å². The van der Waals surface area contributed by atoms with Gasteiger partial charge < -0.3 is 5.32 Å². The van der Waals surface area contributed by atoms with Gasteiger partial charge in [-0.25, -0.2) is 8.42 Å². The smallest absolute Gasteiger partial charge is 0.243 e. The summed E-state index contributed by atoms with van der Waals surface area (Å²) in [5.74, 6) is -0.190. The summed E-state index contributed by atoms with van der Waals surface area (Å²) in [4.78, 5) is 12.4. The standard InChI is InChI=1S/C15H22N2O3S/c1-3-10-16-15(18)14-5-4-11-17(14)21(19,20)13-8-6-12(2)7-9-13/h6-9,14H,3-5,10-11H2,1-2H3,(H,16,18). The van der Waals surface area contributed by atoms with Crippen LogP contribution in [-0.4, -0.2) is 37.8 Å². The van der Waals surface area contributed by atoms with Crippen LogP contribution in [0.1, 0.15) is 31.7 Å². The number of sulfonamides is 1. The van der Waals surface area contributed by atoms with Gasteiger partial charge in [0, 0.05) is 13.1 Å². The highest BCUT2D eigenvalue weighted by Gasteiger charge is 2.39. The van der Waals surface area contributed by atoms with Gasteiger partial charge in [-0.2, -0.15) is 4.31 Å². The molecule has 0 saturated carbocycles. The summed E-state index contributed by atoms with van der Waals surface area (Å²) in [6.45, 7) is 4.86. The molecule has 0 radical (unpaired) electrons. The lowest BCUT2D eigenvalue weighted by molar-refractivity contribution is -0.124. The maximum absolute atomic E-state index is 12.7. The molecule has 1 fully saturated rings. The maximum atomic E-state index is 12.7. The molecule has 2 rings (SSSR count). The third-order valence-corrected chi connectivity index (χ3v) is 5.61. The zero-order chi connectivity index (χ0) is 15.5. The molecule has 0 spiro atoms. The van der Waals surface area contributed by atoms with Crippen LogP contribution >= 0.6 is 0 Å². The quantitative estimate of drug-likeness (QED) is 0.899. The van der Waals surface area contributed by atoms with Crippen LogP contribution in [0, 0.1) is 6.92 Å². The fourth-order valence-corrected chi connectivity index (χ4v) is 4.16. The number of carbonyl (C=O) groups is 1. The van der Waals surface area contributed by atoms with Crippen LogP contribution < -0.4 is 5.32 Å². The van der Waals surface area contributed by atoms with Crippen molar-refractivity contribution >= 4 is 15.9 Å². The molecule has 1 saturated heterocycles. The first kappa shape index (κ1) is 16.0. The summed E-state index contributed by atoms with van der Waals surface area (Å²) in [5, 5.41) is 2.79. The van der Waals surface area contributed by atoms with Crippen LogP contribution in [0.3, 0.4) is 0 Å². The van der Waals surface area contributed by atoms with Gasteiger partial charge in [0.2, 0.25) is 15.9 Å². The molecule has 5 nitrogen and oxygen atoms in total. The second kappa shape index (κ2) is 6.58. The predicted molar refractivity (Wildman–Crippen MR) is 81.4 cm³/mol. The number of aryl methyl sites for hydroxylation is 1. The summed E-state index contributed by atoms with van der Waals surface area (Å²) in [7, 11) is -3.60. The van der Waals surface area contributed by atoms with Crippen molar-refractivity contribution in [3.63, 3.8) is 0 Å². The Hall–Kier alpha value is -1.40. The summed E-state index contributed by atoms with van der Waals surface area (Å²) in [6, 6.07) is 6.17. The number of hydrogen-bond acceptors (Lipinski definition) is 3. The molecule has 1 aliphatic heterocycles. The first-order valence-corrected chi connectivity index (χ1v) is 8.77. The van der Waals surface area contributed by atoms with Crippen molar-refractivity contribution < 1.29 is 13.2 Å². The van der Waals surface area contributed by atoms with Gasteiger partial charge in [-0.15, -0.1) is 0 Å². The van der Waals surface area contributed by atoms with Crippen LogP contribution in [0.2, 0.25) is 0 Å². The van der Waals surface area contributed by atoms with E-state index < -0.39 is 16.1 Å². The van der Waals surface area contributed by atoms with Crippen molar-refractivity contribution in [3.8, 4) is 0 Å². The third kappa shape index (κ3) is 3.44. The molecule has 6 heteroatoms. The van der Waals surface area contributed by atoms with E-state index in [1.165, 1.54) is 4.31 Å². The first-order chi connectivity index (χ1) is 9.96. The van der Waals surface area contributed by atoms with Gasteiger partial charge >= 0.3 is 0 Å². The van der Waals surface area contributed by atoms with Crippen molar-refractivity contribution in [2.24, 2.45) is 0 Å². The fraction of sp³-hybridized carbons (Fsp3) is 0.533. The molecule has 1 aliphatic rings. The van der Waals surface area contributed by atoms with Gasteiger partial charge in [0.25, 0.3) is 0 Å². The normalized spacial score (nSPS) is 19.6. The fourth-order valence-electron chi connectivity index (χ4n) is 2.50. The molecule has 116 valence electrons. The van der Waals surface area contributed by atoms with E-state index in [0.717, 1.165) is 18.4 Å². The lowest BCUT2D eigenvalue weighted by Gasteiger charge is -2.23. The van der Waals surface area contributed by atoms with Crippen molar-refractivity contribution in [2.75, 3.05) is 13.1 Å². The highest BCUT2D eigenvalue weighted by Crippen LogP contribution is 2.26. The Kier molecular flexibility index (Phi) is 5.00. The van der Waals surface area contributed by atoms with Crippen LogP contribution in [0.25, 0.3) is 0 Å². The molecule has 1 aromatic carbocycles. The van der Waals surface area contributed by atoms with Crippen molar-refractivity contribution in [1.29, 1.82) is 0 Å². The van der Waals surface area contributed by atoms with E-state index in [0.29, 0.717) is 19.5 Å². The maximum Gasteiger partial charge on any atom is 0.243 e. The zero-order valence-electron chi connectivity index (χ0n) is 12.5. The predicted octanol–water partition coefficient (Wildman–Crippen LogP) is 1.67. The minimum absolute atomic E-state index is 0.190. The van der Waals surface area contributed by atoms with Crippen LogP contribution in [0.4, 0.5) is 0 Å². The van der Waals surface area contributed by atoms with Crippen LogP contribution in [-0.2, 0) is 14.8 Å². The van der Waals surface area contributed by atoms with Gasteiger partial charge in [0.15, 0.2) is 0 Å². The highest BCUT2D eigenvalue weighted by atomic mass is 32.2. The van der Waals surface area contributed by atoms with E-state index in [4.69, 9.17) is 0 Å². The number of carbonyl (C=O) groups excluding carboxylic acids is 1. The summed E-state index contributed by atoms with van der Waals surface area (Å²) < 4.78 is 26.7. The molecule has 1 unspecified atom stereocenters. The number of hydrogen-bond donors (Lipinski definition) is 1. The summed E-state index contributed by atoms with van der Waals surface area (Å²) in [6.07, 6.45) is 2.14. The first-order valence-electron chi connectivity index (χ1n) is 7.33. The minimum atomic E-state index is -3.60. The molecule has 1 aromatic rings. The third-order valence-electron chi connectivity index (χ3n) is 3.68. The molecule has 1 amide bonds. The van der Waals surface area contributed by atoms with Crippen molar-refractivity contribution in [2.45, 2.75) is 44.0 Å². The Labute approximate surface area is 126 Å². The highest BCUT2D eigenvalue weighted by molar-refractivity contribution is 7.89. The molecule has 1 atom stereocenters. The number of amides is 1.